The van der Waals surface area contributed by atoms with Crippen molar-refractivity contribution in [1.82, 2.24) is 0 Å². The van der Waals surface area contributed by atoms with Crippen molar-refractivity contribution in [2.75, 3.05) is 0 Å². The minimum absolute atomic E-state index is 0.0324. The molecule has 0 bridgehead atoms. The van der Waals surface area contributed by atoms with E-state index >= 15 is 0 Å². The molecule has 0 aromatic carbocycles. The van der Waals surface area contributed by atoms with E-state index in [0.29, 0.717) is 6.42 Å². The number of carbonyl (C=O) groups is 2. The Morgan fingerprint density at radius 3 is 2.83 bits per heavy atom. The third kappa shape index (κ3) is 0.906. The molecule has 0 radical (unpaired) electrons. The second-order valence-electron chi connectivity index (χ2n) is 3.16. The van der Waals surface area contributed by atoms with Crippen LogP contribution in [0.4, 0.5) is 0 Å². The summed E-state index contributed by atoms with van der Waals surface area (Å²) in [6, 6.07) is 0. The predicted octanol–water partition coefficient (Wildman–Crippen LogP) is 0.253. The Balaban J connectivity index is 2.18. The van der Waals surface area contributed by atoms with Crippen LogP contribution in [0.3, 0.4) is 0 Å². The summed E-state index contributed by atoms with van der Waals surface area (Å²) in [6.45, 7) is 1.93. The lowest BCUT2D eigenvalue weighted by atomic mass is 9.96. The van der Waals surface area contributed by atoms with Crippen LogP contribution in [0.5, 0.6) is 0 Å². The first-order valence-corrected chi connectivity index (χ1v) is 4.12. The van der Waals surface area contributed by atoms with Crippen LogP contribution < -0.4 is 0 Å². The fraction of sp³-hybridized carbons (Fsp3) is 0.750. The van der Waals surface area contributed by atoms with E-state index in [9.17, 15) is 9.59 Å². The van der Waals surface area contributed by atoms with Crippen LogP contribution in [0.25, 0.3) is 0 Å². The number of hydrogen-bond acceptors (Lipinski definition) is 4. The van der Waals surface area contributed by atoms with E-state index in [0.717, 1.165) is 6.42 Å². The van der Waals surface area contributed by atoms with Crippen LogP contribution in [0.2, 0.25) is 0 Å². The quantitative estimate of drug-likeness (QED) is 0.529. The average molecular weight is 170 g/mol. The third-order valence-electron chi connectivity index (χ3n) is 2.43. The van der Waals surface area contributed by atoms with Gasteiger partial charge in [-0.05, 0) is 6.42 Å². The number of cyclic esters (lactones) is 1. The normalized spacial score (nSPS) is 39.2. The van der Waals surface area contributed by atoms with Crippen molar-refractivity contribution in [2.45, 2.75) is 32.0 Å². The summed E-state index contributed by atoms with van der Waals surface area (Å²) < 4.78 is 9.83. The van der Waals surface area contributed by atoms with Crippen LogP contribution in [0.1, 0.15) is 19.8 Å². The molecule has 0 unspecified atom stereocenters. The highest BCUT2D eigenvalue weighted by Crippen LogP contribution is 2.35. The standard InChI is InChI=1S/C8H10O4/c1-2-5-4-3-6(9)12-7(4)8(10)11-5/h4-5,7H,2-3H2,1H3/t4-,5-,7-/m1/s1. The number of hydrogen-bond donors (Lipinski definition) is 0. The first-order chi connectivity index (χ1) is 5.72. The van der Waals surface area contributed by atoms with Gasteiger partial charge in [-0.25, -0.2) is 4.79 Å². The van der Waals surface area contributed by atoms with Gasteiger partial charge in [0, 0.05) is 0 Å². The molecular weight excluding hydrogens is 160 g/mol. The molecule has 66 valence electrons. The molecule has 0 spiro atoms. The molecule has 2 heterocycles. The van der Waals surface area contributed by atoms with E-state index in [1.54, 1.807) is 0 Å². The van der Waals surface area contributed by atoms with E-state index in [2.05, 4.69) is 0 Å². The maximum Gasteiger partial charge on any atom is 0.348 e. The largest absolute Gasteiger partial charge is 0.459 e. The van der Waals surface area contributed by atoms with Gasteiger partial charge in [0.2, 0.25) is 6.10 Å². The SMILES string of the molecule is CC[C@H]1OC(=O)[C@@H]2OC(=O)C[C@H]12. The number of fused-ring (bicyclic) bond motifs is 1. The van der Waals surface area contributed by atoms with Crippen LogP contribution in [0, 0.1) is 5.92 Å². The lowest BCUT2D eigenvalue weighted by Gasteiger charge is -2.09. The van der Waals surface area contributed by atoms with Gasteiger partial charge in [-0.3, -0.25) is 4.79 Å². The minimum Gasteiger partial charge on any atom is -0.459 e. The van der Waals surface area contributed by atoms with Crippen LogP contribution in [-0.4, -0.2) is 24.1 Å². The maximum absolute atomic E-state index is 11.1. The maximum atomic E-state index is 11.1. The van der Waals surface area contributed by atoms with Crippen molar-refractivity contribution in [1.29, 1.82) is 0 Å². The number of esters is 2. The Bertz CT molecular complexity index is 235. The summed E-state index contributed by atoms with van der Waals surface area (Å²) in [5.74, 6) is -0.687. The Morgan fingerprint density at radius 2 is 2.17 bits per heavy atom. The van der Waals surface area contributed by atoms with Crippen LogP contribution in [0.15, 0.2) is 0 Å². The molecule has 4 heteroatoms. The molecule has 2 saturated heterocycles. The van der Waals surface area contributed by atoms with Gasteiger partial charge in [0.15, 0.2) is 0 Å². The second-order valence-corrected chi connectivity index (χ2v) is 3.16. The van der Waals surface area contributed by atoms with Gasteiger partial charge in [0.1, 0.15) is 6.10 Å². The van der Waals surface area contributed by atoms with Crippen molar-refractivity contribution >= 4 is 11.9 Å². The van der Waals surface area contributed by atoms with E-state index in [1.165, 1.54) is 0 Å². The Kier molecular flexibility index (Phi) is 1.56. The second kappa shape index (κ2) is 2.47. The van der Waals surface area contributed by atoms with Gasteiger partial charge in [0.25, 0.3) is 0 Å². The fourth-order valence-corrected chi connectivity index (χ4v) is 1.82. The van der Waals surface area contributed by atoms with Gasteiger partial charge in [-0.1, -0.05) is 6.92 Å². The summed E-state index contributed by atoms with van der Waals surface area (Å²) in [5, 5.41) is 0. The van der Waals surface area contributed by atoms with Crippen LogP contribution >= 0.6 is 0 Å². The Hall–Kier alpha value is -1.06. The van der Waals surface area contributed by atoms with E-state index in [4.69, 9.17) is 9.47 Å². The molecular formula is C8H10O4. The van der Waals surface area contributed by atoms with Crippen molar-refractivity contribution in [3.63, 3.8) is 0 Å². The summed E-state index contributed by atoms with van der Waals surface area (Å²) >= 11 is 0. The van der Waals surface area contributed by atoms with Crippen molar-refractivity contribution in [3.8, 4) is 0 Å². The molecule has 3 atom stereocenters. The van der Waals surface area contributed by atoms with Crippen LogP contribution in [-0.2, 0) is 19.1 Å². The van der Waals surface area contributed by atoms with Crippen molar-refractivity contribution in [3.05, 3.63) is 0 Å². The van der Waals surface area contributed by atoms with Crippen molar-refractivity contribution < 1.29 is 19.1 Å². The van der Waals surface area contributed by atoms with Crippen molar-refractivity contribution in [2.24, 2.45) is 5.92 Å². The summed E-state index contributed by atoms with van der Waals surface area (Å²) in [7, 11) is 0. The smallest absolute Gasteiger partial charge is 0.348 e. The molecule has 2 rings (SSSR count). The monoisotopic (exact) mass is 170 g/mol. The molecule has 2 aliphatic heterocycles. The molecule has 4 nitrogen and oxygen atoms in total. The molecule has 12 heavy (non-hydrogen) atoms. The molecule has 0 aliphatic carbocycles. The first kappa shape index (κ1) is 7.58. The molecule has 0 N–H and O–H groups in total. The lowest BCUT2D eigenvalue weighted by molar-refractivity contribution is -0.158. The van der Waals surface area contributed by atoms with E-state index < -0.39 is 6.10 Å². The number of carbonyl (C=O) groups excluding carboxylic acids is 2. The summed E-state index contributed by atoms with van der Waals surface area (Å²) in [6.07, 6.45) is 0.356. The zero-order chi connectivity index (χ0) is 8.72. The summed E-state index contributed by atoms with van der Waals surface area (Å²) in [4.78, 5) is 21.9. The number of rotatable bonds is 1. The molecule has 2 aliphatic rings. The highest BCUT2D eigenvalue weighted by molar-refractivity contribution is 5.85. The highest BCUT2D eigenvalue weighted by Gasteiger charge is 2.51. The van der Waals surface area contributed by atoms with Gasteiger partial charge in [-0.15, -0.1) is 0 Å². The lowest BCUT2D eigenvalue weighted by Crippen LogP contribution is -2.20. The fourth-order valence-electron chi connectivity index (χ4n) is 1.82. The Morgan fingerprint density at radius 1 is 1.42 bits per heavy atom. The molecule has 0 saturated carbocycles. The summed E-state index contributed by atoms with van der Waals surface area (Å²) in [5.41, 5.74) is 0. The predicted molar refractivity (Wildman–Crippen MR) is 38.2 cm³/mol. The van der Waals surface area contributed by atoms with Gasteiger partial charge < -0.3 is 9.47 Å². The Labute approximate surface area is 69.8 Å². The van der Waals surface area contributed by atoms with Gasteiger partial charge in [-0.2, -0.15) is 0 Å². The molecule has 0 aromatic heterocycles. The zero-order valence-electron chi connectivity index (χ0n) is 6.78. The third-order valence-corrected chi connectivity index (χ3v) is 2.43. The first-order valence-electron chi connectivity index (χ1n) is 4.12. The highest BCUT2D eigenvalue weighted by atomic mass is 16.6. The molecule has 0 amide bonds. The van der Waals surface area contributed by atoms with Gasteiger partial charge >= 0.3 is 11.9 Å². The number of ether oxygens (including phenoxy) is 2. The van der Waals surface area contributed by atoms with E-state index in [-0.39, 0.29) is 24.0 Å². The topological polar surface area (TPSA) is 52.6 Å². The molecule has 2 fully saturated rings. The average Bonchev–Trinajstić information content (AvgIpc) is 2.52. The molecule has 0 aromatic rings. The zero-order valence-corrected chi connectivity index (χ0v) is 6.78. The minimum atomic E-state index is -0.609. The van der Waals surface area contributed by atoms with E-state index in [1.807, 2.05) is 6.92 Å². The van der Waals surface area contributed by atoms with Gasteiger partial charge in [0.05, 0.1) is 12.3 Å².